The van der Waals surface area contributed by atoms with E-state index in [2.05, 4.69) is 15.7 Å². The van der Waals surface area contributed by atoms with Crippen LogP contribution in [0, 0.1) is 6.92 Å². The van der Waals surface area contributed by atoms with Crippen molar-refractivity contribution < 1.29 is 62.6 Å². The van der Waals surface area contributed by atoms with Gasteiger partial charge in [0.1, 0.15) is 0 Å². The zero-order chi connectivity index (χ0) is 39.6. The highest BCUT2D eigenvalue weighted by Gasteiger charge is 2.38. The quantitative estimate of drug-likeness (QED) is 0.209. The van der Waals surface area contributed by atoms with Crippen LogP contribution in [0.5, 0.6) is 0 Å². The highest BCUT2D eigenvalue weighted by molar-refractivity contribution is 7.91. The molecule has 3 aromatic rings. The Labute approximate surface area is 294 Å². The Morgan fingerprint density at radius 3 is 1.73 bits per heavy atom. The van der Waals surface area contributed by atoms with Crippen molar-refractivity contribution in [3.05, 3.63) is 70.3 Å². The molecule has 2 aromatic carbocycles. The minimum atomic E-state index is -4.71. The van der Waals surface area contributed by atoms with E-state index in [0.29, 0.717) is 12.1 Å². The Morgan fingerprint density at radius 2 is 1.31 bits per heavy atom. The number of sulfone groups is 2. The molecule has 2 N–H and O–H groups in total. The van der Waals surface area contributed by atoms with Gasteiger partial charge in [0, 0.05) is 6.54 Å². The van der Waals surface area contributed by atoms with Gasteiger partial charge in [-0.25, -0.2) is 31.1 Å². The summed E-state index contributed by atoms with van der Waals surface area (Å²) in [5.41, 5.74) is 0.203. The van der Waals surface area contributed by atoms with Crippen molar-refractivity contribution in [2.75, 3.05) is 29.7 Å². The first-order valence-electron chi connectivity index (χ1n) is 15.2. The number of rotatable bonds is 10. The van der Waals surface area contributed by atoms with Gasteiger partial charge in [0.15, 0.2) is 31.1 Å². The van der Waals surface area contributed by atoms with Crippen molar-refractivity contribution in [1.82, 2.24) is 25.5 Å². The summed E-state index contributed by atoms with van der Waals surface area (Å²) in [6.45, 7) is 9.12. The number of hydrogen-bond acceptors (Lipinski definition) is 12. The number of anilines is 1. The standard InChI is InChI=1S/C15H16F3N3O4S.C15H18F3N3O4S/c1-4-25-14(22)13-9(3)21(20-19-13)11-7-6-10(15(16,17)18)8-12(11)26(23,24)5-2;1-4-20-19-13(14(22)23)9(3)21(20)11-7-6-10(15(16,17)18)8-12(11)26(24,25)5-2/h6-8H,4-5H2,1-3H3;6-8,19H,4-5H2,1-3H3,(H,22,23). The first kappa shape index (κ1) is 41.7. The Morgan fingerprint density at radius 1 is 0.827 bits per heavy atom. The number of nitrogens with one attached hydrogen (secondary N) is 1. The summed E-state index contributed by atoms with van der Waals surface area (Å²) >= 11 is 0. The van der Waals surface area contributed by atoms with E-state index in [4.69, 9.17) is 4.74 Å². The van der Waals surface area contributed by atoms with Gasteiger partial charge in [0.05, 0.1) is 61.8 Å². The van der Waals surface area contributed by atoms with Crippen LogP contribution in [0.15, 0.2) is 57.6 Å². The van der Waals surface area contributed by atoms with Crippen LogP contribution in [0.4, 0.5) is 32.0 Å². The number of alkyl halides is 6. The molecule has 2 heterocycles. The number of esters is 1. The first-order valence-corrected chi connectivity index (χ1v) is 18.5. The average molecular weight is 785 g/mol. The van der Waals surface area contributed by atoms with Gasteiger partial charge in [0.2, 0.25) is 0 Å². The molecule has 1 aliphatic rings. The third-order valence-corrected chi connectivity index (χ3v) is 11.0. The molecule has 1 aliphatic heterocycles. The fraction of sp³-hybridized carbons (Fsp3) is 0.400. The van der Waals surface area contributed by atoms with Crippen LogP contribution in [0.2, 0.25) is 0 Å². The normalized spacial score (nSPS) is 14.2. The van der Waals surface area contributed by atoms with Crippen LogP contribution in [-0.4, -0.2) is 78.6 Å². The second-order valence-corrected chi connectivity index (χ2v) is 15.2. The predicted octanol–water partition coefficient (Wildman–Crippen LogP) is 4.94. The minimum absolute atomic E-state index is 0.0528. The lowest BCUT2D eigenvalue weighted by Crippen LogP contribution is -2.44. The Hall–Kier alpha value is -4.70. The first-order chi connectivity index (χ1) is 24.0. The number of allylic oxidation sites excluding steroid dienone is 1. The molecule has 0 spiro atoms. The number of halogens is 6. The summed E-state index contributed by atoms with van der Waals surface area (Å²) in [7, 11) is -8.01. The molecule has 1 aromatic heterocycles. The Kier molecular flexibility index (Phi) is 12.4. The number of hydrazine groups is 2. The highest BCUT2D eigenvalue weighted by atomic mass is 32.2. The van der Waals surface area contributed by atoms with Crippen molar-refractivity contribution in [3.63, 3.8) is 0 Å². The summed E-state index contributed by atoms with van der Waals surface area (Å²) in [6, 6.07) is 4.67. The third kappa shape index (κ3) is 8.66. The van der Waals surface area contributed by atoms with Gasteiger partial charge >= 0.3 is 24.3 Å². The lowest BCUT2D eigenvalue weighted by molar-refractivity contribution is -0.138. The maximum atomic E-state index is 13.0. The highest BCUT2D eigenvalue weighted by Crippen LogP contribution is 2.38. The molecule has 0 fully saturated rings. The molecule has 286 valence electrons. The third-order valence-electron chi connectivity index (χ3n) is 7.50. The van der Waals surface area contributed by atoms with Crippen LogP contribution in [0.1, 0.15) is 61.9 Å². The summed E-state index contributed by atoms with van der Waals surface area (Å²) in [5, 5.41) is 19.2. The fourth-order valence-corrected chi connectivity index (χ4v) is 6.95. The molecule has 0 radical (unpaired) electrons. The van der Waals surface area contributed by atoms with E-state index < -0.39 is 76.4 Å². The SMILES string of the molecule is CCN1NC(C(=O)O)=C(C)N1c1ccc(C(F)(F)F)cc1S(=O)(=O)CC.CCOC(=O)c1nnn(-c2ccc(C(F)(F)F)cc2S(=O)(=O)CC)c1C. The monoisotopic (exact) mass is 784 g/mol. The molecule has 0 aliphatic carbocycles. The number of benzene rings is 2. The number of carboxylic acids is 1. The molecular weight excluding hydrogens is 750 g/mol. The van der Waals surface area contributed by atoms with Crippen LogP contribution in [-0.2, 0) is 41.6 Å². The van der Waals surface area contributed by atoms with Gasteiger partial charge in [0.25, 0.3) is 0 Å². The van der Waals surface area contributed by atoms with Gasteiger partial charge in [-0.3, -0.25) is 10.4 Å². The van der Waals surface area contributed by atoms with Crippen molar-refractivity contribution in [1.29, 1.82) is 0 Å². The number of carbonyl (C=O) groups excluding carboxylic acids is 1. The van der Waals surface area contributed by atoms with E-state index >= 15 is 0 Å². The van der Waals surface area contributed by atoms with Crippen molar-refractivity contribution >= 4 is 37.3 Å². The van der Waals surface area contributed by atoms with Gasteiger partial charge in [-0.05, 0) is 64.1 Å². The van der Waals surface area contributed by atoms with E-state index in [0.717, 1.165) is 28.9 Å². The maximum Gasteiger partial charge on any atom is 0.416 e. The van der Waals surface area contributed by atoms with Crippen LogP contribution >= 0.6 is 0 Å². The zero-order valence-electron chi connectivity index (χ0n) is 28.4. The molecule has 52 heavy (non-hydrogen) atoms. The Bertz CT molecular complexity index is 2100. The molecule has 0 atom stereocenters. The largest absolute Gasteiger partial charge is 0.476 e. The number of nitrogens with zero attached hydrogens (tertiary/aromatic N) is 5. The van der Waals surface area contributed by atoms with Gasteiger partial charge in [-0.15, -0.1) is 10.2 Å². The summed E-state index contributed by atoms with van der Waals surface area (Å²) in [6.07, 6.45) is -9.41. The van der Waals surface area contributed by atoms with Crippen molar-refractivity contribution in [2.24, 2.45) is 0 Å². The molecule has 0 saturated heterocycles. The van der Waals surface area contributed by atoms with Crippen LogP contribution in [0.25, 0.3) is 5.69 Å². The van der Waals surface area contributed by atoms with Gasteiger partial charge in [-0.1, -0.05) is 19.1 Å². The smallest absolute Gasteiger partial charge is 0.416 e. The molecule has 0 saturated carbocycles. The van der Waals surface area contributed by atoms with Crippen LogP contribution in [0.3, 0.4) is 0 Å². The number of carbonyl (C=O) groups is 2. The van der Waals surface area contributed by atoms with E-state index in [1.807, 2.05) is 0 Å². The molecule has 0 unspecified atom stereocenters. The van der Waals surface area contributed by atoms with E-state index in [1.165, 1.54) is 37.8 Å². The van der Waals surface area contributed by atoms with E-state index in [-0.39, 0.29) is 47.3 Å². The minimum Gasteiger partial charge on any atom is -0.476 e. The van der Waals surface area contributed by atoms with Crippen molar-refractivity contribution in [2.45, 2.75) is 63.7 Å². The zero-order valence-corrected chi connectivity index (χ0v) is 30.1. The predicted molar refractivity (Wildman–Crippen MR) is 172 cm³/mol. The lowest BCUT2D eigenvalue weighted by Gasteiger charge is -2.31. The number of carboxylic acid groups (broad SMARTS) is 1. The number of aromatic nitrogens is 3. The molecular formula is C30H34F6N6O8S2. The molecule has 22 heteroatoms. The summed E-state index contributed by atoms with van der Waals surface area (Å²) in [5.74, 6) is -2.83. The molecule has 0 bridgehead atoms. The number of ether oxygens (including phenoxy) is 1. The second-order valence-electron chi connectivity index (χ2n) is 10.7. The van der Waals surface area contributed by atoms with Crippen LogP contribution < -0.4 is 10.4 Å². The topological polar surface area (TPSA) is 181 Å². The molecule has 0 amide bonds. The second kappa shape index (κ2) is 15.5. The van der Waals surface area contributed by atoms with Crippen molar-refractivity contribution in [3.8, 4) is 5.69 Å². The summed E-state index contributed by atoms with van der Waals surface area (Å²) in [4.78, 5) is 22.1. The average Bonchev–Trinajstić information content (AvgIpc) is 3.62. The van der Waals surface area contributed by atoms with Gasteiger partial charge < -0.3 is 9.84 Å². The Balaban J connectivity index is 0.000000280. The lowest BCUT2D eigenvalue weighted by atomic mass is 10.2. The molecule has 14 nitrogen and oxygen atoms in total. The number of aliphatic carboxylic acids is 1. The van der Waals surface area contributed by atoms with E-state index in [9.17, 15) is 57.9 Å². The maximum absolute atomic E-state index is 13.0. The molecule has 4 rings (SSSR count). The van der Waals surface area contributed by atoms with E-state index in [1.54, 1.807) is 13.8 Å². The number of hydrogen-bond donors (Lipinski definition) is 2. The summed E-state index contributed by atoms with van der Waals surface area (Å²) < 4.78 is 133. The van der Waals surface area contributed by atoms with Gasteiger partial charge in [-0.2, -0.15) is 26.3 Å². The fourth-order valence-electron chi connectivity index (χ4n) is 4.77.